The van der Waals surface area contributed by atoms with Gasteiger partial charge in [-0.15, -0.1) is 0 Å². The van der Waals surface area contributed by atoms with Crippen LogP contribution in [0.3, 0.4) is 0 Å². The number of nitrogens with zero attached hydrogens (tertiary/aromatic N) is 2. The predicted molar refractivity (Wildman–Crippen MR) is 85.4 cm³/mol. The number of hydrogen-bond acceptors (Lipinski definition) is 4. The van der Waals surface area contributed by atoms with Crippen LogP contribution < -0.4 is 5.32 Å². The number of nitrogens with one attached hydrogen (secondary N) is 1. The van der Waals surface area contributed by atoms with Crippen molar-refractivity contribution >= 4 is 17.6 Å². The van der Waals surface area contributed by atoms with E-state index in [1.807, 2.05) is 0 Å². The van der Waals surface area contributed by atoms with Crippen molar-refractivity contribution in [1.82, 2.24) is 10.1 Å². The standard InChI is InChI=1S/C17H16F3N3O3/c1-10-7-14(22-26-10)21-15(24)9-23(13-5-6-13)16(25)11-3-2-4-12(8-11)17(18,19)20/h2-4,7-8,13H,5-6,9H2,1H3,(H,21,22,24). The minimum absolute atomic E-state index is 0.100. The highest BCUT2D eigenvalue weighted by molar-refractivity contribution is 5.99. The number of hydrogen-bond donors (Lipinski definition) is 1. The van der Waals surface area contributed by atoms with Crippen LogP contribution in [0.15, 0.2) is 34.9 Å². The summed E-state index contributed by atoms with van der Waals surface area (Å²) in [7, 11) is 0. The molecule has 0 atom stereocenters. The molecule has 0 aliphatic heterocycles. The summed E-state index contributed by atoms with van der Waals surface area (Å²) < 4.78 is 43.4. The normalized spacial score (nSPS) is 14.2. The Bertz CT molecular complexity index is 828. The fraction of sp³-hybridized carbons (Fsp3) is 0.353. The lowest BCUT2D eigenvalue weighted by atomic mass is 10.1. The fourth-order valence-corrected chi connectivity index (χ4v) is 2.51. The van der Waals surface area contributed by atoms with Crippen LogP contribution in [0.4, 0.5) is 19.0 Å². The number of carbonyl (C=O) groups is 2. The molecule has 2 amide bonds. The molecule has 0 bridgehead atoms. The number of carbonyl (C=O) groups excluding carboxylic acids is 2. The lowest BCUT2D eigenvalue weighted by Gasteiger charge is -2.22. The van der Waals surface area contributed by atoms with Crippen LogP contribution in [0.2, 0.25) is 0 Å². The van der Waals surface area contributed by atoms with Crippen LogP contribution in [0.1, 0.15) is 34.5 Å². The molecule has 1 fully saturated rings. The quantitative estimate of drug-likeness (QED) is 0.880. The first-order valence-corrected chi connectivity index (χ1v) is 7.95. The topological polar surface area (TPSA) is 75.4 Å². The molecule has 1 aliphatic rings. The first kappa shape index (κ1) is 18.0. The summed E-state index contributed by atoms with van der Waals surface area (Å²) in [5.74, 6) is -0.371. The van der Waals surface area contributed by atoms with E-state index >= 15 is 0 Å². The molecule has 9 heteroatoms. The van der Waals surface area contributed by atoms with E-state index < -0.39 is 23.6 Å². The summed E-state index contributed by atoms with van der Waals surface area (Å²) in [5, 5.41) is 6.13. The molecule has 1 aromatic carbocycles. The number of aryl methyl sites for hydroxylation is 1. The van der Waals surface area contributed by atoms with Crippen molar-refractivity contribution in [3.05, 3.63) is 47.2 Å². The van der Waals surface area contributed by atoms with E-state index in [2.05, 4.69) is 10.5 Å². The van der Waals surface area contributed by atoms with Gasteiger partial charge in [-0.1, -0.05) is 11.2 Å². The maximum Gasteiger partial charge on any atom is 0.416 e. The minimum Gasteiger partial charge on any atom is -0.360 e. The lowest BCUT2D eigenvalue weighted by Crippen LogP contribution is -2.39. The Hall–Kier alpha value is -2.84. The average Bonchev–Trinajstić information content (AvgIpc) is 3.34. The molecule has 26 heavy (non-hydrogen) atoms. The maximum atomic E-state index is 12.9. The summed E-state index contributed by atoms with van der Waals surface area (Å²) in [6.45, 7) is 1.39. The van der Waals surface area contributed by atoms with Crippen molar-refractivity contribution in [3.63, 3.8) is 0 Å². The largest absolute Gasteiger partial charge is 0.416 e. The van der Waals surface area contributed by atoms with Gasteiger partial charge in [0.2, 0.25) is 5.91 Å². The molecule has 1 N–H and O–H groups in total. The Balaban J connectivity index is 1.73. The number of alkyl halides is 3. The third-order valence-corrected chi connectivity index (χ3v) is 3.89. The van der Waals surface area contributed by atoms with Crippen LogP contribution >= 0.6 is 0 Å². The zero-order valence-electron chi connectivity index (χ0n) is 13.8. The molecule has 0 spiro atoms. The van der Waals surface area contributed by atoms with E-state index in [9.17, 15) is 22.8 Å². The fourth-order valence-electron chi connectivity index (χ4n) is 2.51. The monoisotopic (exact) mass is 367 g/mol. The summed E-state index contributed by atoms with van der Waals surface area (Å²) in [5.41, 5.74) is -1.00. The van der Waals surface area contributed by atoms with Gasteiger partial charge in [0.05, 0.1) is 5.56 Å². The molecule has 0 radical (unpaired) electrons. The van der Waals surface area contributed by atoms with Gasteiger partial charge < -0.3 is 14.7 Å². The molecule has 138 valence electrons. The Kier molecular flexibility index (Phi) is 4.71. The first-order valence-electron chi connectivity index (χ1n) is 7.95. The number of rotatable bonds is 5. The van der Waals surface area contributed by atoms with Crippen LogP contribution in [0, 0.1) is 6.92 Å². The number of aromatic nitrogens is 1. The van der Waals surface area contributed by atoms with Gasteiger partial charge in [-0.25, -0.2) is 0 Å². The SMILES string of the molecule is Cc1cc(NC(=O)CN(C(=O)c2cccc(C(F)(F)F)c2)C2CC2)no1. The van der Waals surface area contributed by atoms with E-state index in [4.69, 9.17) is 4.52 Å². The lowest BCUT2D eigenvalue weighted by molar-refractivity contribution is -0.137. The number of amides is 2. The zero-order valence-corrected chi connectivity index (χ0v) is 13.8. The van der Waals surface area contributed by atoms with E-state index in [1.54, 1.807) is 6.92 Å². The third-order valence-electron chi connectivity index (χ3n) is 3.89. The Labute approximate surface area is 146 Å². The molecule has 3 rings (SSSR count). The maximum absolute atomic E-state index is 12.9. The van der Waals surface area contributed by atoms with E-state index in [-0.39, 0.29) is 24.0 Å². The molecule has 6 nitrogen and oxygen atoms in total. The summed E-state index contributed by atoms with van der Waals surface area (Å²) in [6, 6.07) is 5.56. The van der Waals surface area contributed by atoms with Crippen LogP contribution in [-0.2, 0) is 11.0 Å². The van der Waals surface area contributed by atoms with Gasteiger partial charge in [-0.2, -0.15) is 13.2 Å². The third kappa shape index (κ3) is 4.22. The molecule has 0 unspecified atom stereocenters. The van der Waals surface area contributed by atoms with Crippen molar-refractivity contribution in [1.29, 1.82) is 0 Å². The van der Waals surface area contributed by atoms with Crippen LogP contribution in [-0.4, -0.2) is 34.5 Å². The summed E-state index contributed by atoms with van der Waals surface area (Å²) in [4.78, 5) is 26.1. The highest BCUT2D eigenvalue weighted by Gasteiger charge is 2.36. The second-order valence-electron chi connectivity index (χ2n) is 6.11. The molecule has 2 aromatic rings. The van der Waals surface area contributed by atoms with E-state index in [1.165, 1.54) is 23.1 Å². The van der Waals surface area contributed by atoms with E-state index in [0.29, 0.717) is 18.6 Å². The number of halogens is 3. The van der Waals surface area contributed by atoms with Gasteiger partial charge >= 0.3 is 6.18 Å². The van der Waals surface area contributed by atoms with E-state index in [0.717, 1.165) is 12.1 Å². The van der Waals surface area contributed by atoms with Gasteiger partial charge in [-0.05, 0) is 38.0 Å². The predicted octanol–water partition coefficient (Wildman–Crippen LogP) is 3.25. The minimum atomic E-state index is -4.54. The average molecular weight is 367 g/mol. The molecule has 1 saturated carbocycles. The van der Waals surface area contributed by atoms with Crippen molar-refractivity contribution < 1.29 is 27.3 Å². The Morgan fingerprint density at radius 3 is 2.62 bits per heavy atom. The second kappa shape index (κ2) is 6.81. The Morgan fingerprint density at radius 2 is 2.04 bits per heavy atom. The number of benzene rings is 1. The van der Waals surface area contributed by atoms with Crippen LogP contribution in [0.5, 0.6) is 0 Å². The smallest absolute Gasteiger partial charge is 0.360 e. The highest BCUT2D eigenvalue weighted by Crippen LogP contribution is 2.31. The molecule has 1 aromatic heterocycles. The van der Waals surface area contributed by atoms with Gasteiger partial charge in [0.15, 0.2) is 5.82 Å². The van der Waals surface area contributed by atoms with Crippen molar-refractivity contribution in [2.45, 2.75) is 32.0 Å². The van der Waals surface area contributed by atoms with Gasteiger partial charge in [0, 0.05) is 17.7 Å². The molecular weight excluding hydrogens is 351 g/mol. The van der Waals surface area contributed by atoms with Crippen molar-refractivity contribution in [3.8, 4) is 0 Å². The summed E-state index contributed by atoms with van der Waals surface area (Å²) >= 11 is 0. The van der Waals surface area contributed by atoms with Gasteiger partial charge in [0.1, 0.15) is 12.3 Å². The second-order valence-corrected chi connectivity index (χ2v) is 6.11. The molecule has 1 aliphatic carbocycles. The van der Waals surface area contributed by atoms with Gasteiger partial charge in [0.25, 0.3) is 5.91 Å². The summed E-state index contributed by atoms with van der Waals surface area (Å²) in [6.07, 6.45) is -3.12. The van der Waals surface area contributed by atoms with Crippen molar-refractivity contribution in [2.24, 2.45) is 0 Å². The Morgan fingerprint density at radius 1 is 1.31 bits per heavy atom. The zero-order chi connectivity index (χ0) is 18.9. The molecule has 0 saturated heterocycles. The molecular formula is C17H16F3N3O3. The number of anilines is 1. The first-order chi connectivity index (χ1) is 12.2. The molecule has 1 heterocycles. The highest BCUT2D eigenvalue weighted by atomic mass is 19.4. The van der Waals surface area contributed by atoms with Crippen LogP contribution in [0.25, 0.3) is 0 Å². The van der Waals surface area contributed by atoms with Gasteiger partial charge in [-0.3, -0.25) is 9.59 Å². The van der Waals surface area contributed by atoms with Crippen molar-refractivity contribution in [2.75, 3.05) is 11.9 Å².